The number of H-pyrrole nitrogens is 1. The molecule has 5 heteroatoms. The van der Waals surface area contributed by atoms with Gasteiger partial charge < -0.3 is 9.72 Å². The van der Waals surface area contributed by atoms with E-state index in [2.05, 4.69) is 4.98 Å². The Bertz CT molecular complexity index is 870. The first-order valence-corrected chi connectivity index (χ1v) is 6.89. The number of hydrogen-bond acceptors (Lipinski definition) is 4. The van der Waals surface area contributed by atoms with E-state index in [1.165, 1.54) is 6.08 Å². The largest absolute Gasteiger partial charge is 0.462 e. The third-order valence-electron chi connectivity index (χ3n) is 3.40. The van der Waals surface area contributed by atoms with Crippen molar-refractivity contribution in [2.75, 3.05) is 6.61 Å². The summed E-state index contributed by atoms with van der Waals surface area (Å²) in [6, 6.07) is 7.28. The first kappa shape index (κ1) is 15.5. The Morgan fingerprint density at radius 1 is 1.32 bits per heavy atom. The summed E-state index contributed by atoms with van der Waals surface area (Å²) in [5.41, 5.74) is 2.60. The fourth-order valence-electron chi connectivity index (χ4n) is 2.10. The summed E-state index contributed by atoms with van der Waals surface area (Å²) in [5, 5.41) is 9.88. The molecule has 0 aliphatic carbocycles. The molecule has 0 fully saturated rings. The van der Waals surface area contributed by atoms with Crippen LogP contribution in [0.4, 0.5) is 0 Å². The standard InChI is InChI=1S/C17H16N2O3/c1-4-22-17(21)14(9-18)8-13-7-12-5-10(2)11(3)6-15(12)19-16(13)20/h5-8H,4H2,1-3H3,(H,19,20). The van der Waals surface area contributed by atoms with Crippen molar-refractivity contribution < 1.29 is 9.53 Å². The SMILES string of the molecule is CCOC(=O)C(C#N)=Cc1cc2cc(C)c(C)cc2[nH]c1=O. The van der Waals surface area contributed by atoms with Gasteiger partial charge in [-0.2, -0.15) is 5.26 Å². The van der Waals surface area contributed by atoms with Gasteiger partial charge in [0.1, 0.15) is 11.6 Å². The van der Waals surface area contributed by atoms with Gasteiger partial charge in [0.25, 0.3) is 5.56 Å². The van der Waals surface area contributed by atoms with Crippen LogP contribution in [0.3, 0.4) is 0 Å². The van der Waals surface area contributed by atoms with Crippen LogP contribution in [-0.4, -0.2) is 17.6 Å². The number of aromatic nitrogens is 1. The molecular weight excluding hydrogens is 280 g/mol. The first-order valence-electron chi connectivity index (χ1n) is 6.89. The number of aromatic amines is 1. The molecule has 0 aliphatic rings. The van der Waals surface area contributed by atoms with Crippen LogP contribution in [-0.2, 0) is 9.53 Å². The molecule has 112 valence electrons. The highest BCUT2D eigenvalue weighted by atomic mass is 16.5. The second-order valence-electron chi connectivity index (χ2n) is 4.97. The van der Waals surface area contributed by atoms with Crippen LogP contribution >= 0.6 is 0 Å². The van der Waals surface area contributed by atoms with Crippen molar-refractivity contribution in [2.24, 2.45) is 0 Å². The molecule has 2 aromatic rings. The fourth-order valence-corrected chi connectivity index (χ4v) is 2.10. The van der Waals surface area contributed by atoms with Crippen molar-refractivity contribution in [3.05, 3.63) is 50.8 Å². The molecule has 0 spiro atoms. The summed E-state index contributed by atoms with van der Waals surface area (Å²) in [7, 11) is 0. The molecule has 0 amide bonds. The number of ether oxygens (including phenoxy) is 1. The molecule has 0 aliphatic heterocycles. The minimum absolute atomic E-state index is 0.171. The first-order chi connectivity index (χ1) is 10.5. The number of rotatable bonds is 3. The normalized spacial score (nSPS) is 11.3. The topological polar surface area (TPSA) is 82.9 Å². The van der Waals surface area contributed by atoms with Crippen molar-refractivity contribution in [3.63, 3.8) is 0 Å². The average molecular weight is 296 g/mol. The number of benzene rings is 1. The average Bonchev–Trinajstić information content (AvgIpc) is 2.47. The number of nitrogens with zero attached hydrogens (tertiary/aromatic N) is 1. The molecule has 1 heterocycles. The molecule has 22 heavy (non-hydrogen) atoms. The van der Waals surface area contributed by atoms with Crippen molar-refractivity contribution in [2.45, 2.75) is 20.8 Å². The molecule has 0 atom stereocenters. The Hall–Kier alpha value is -2.87. The Labute approximate surface area is 127 Å². The minimum Gasteiger partial charge on any atom is -0.462 e. The number of carbonyl (C=O) groups excluding carboxylic acids is 1. The molecule has 5 nitrogen and oxygen atoms in total. The number of fused-ring (bicyclic) bond motifs is 1. The molecule has 0 bridgehead atoms. The number of carbonyl (C=O) groups is 1. The minimum atomic E-state index is -0.732. The maximum absolute atomic E-state index is 12.1. The van der Waals surface area contributed by atoms with E-state index in [0.717, 1.165) is 22.0 Å². The molecular formula is C17H16N2O3. The number of hydrogen-bond donors (Lipinski definition) is 1. The van der Waals surface area contributed by atoms with Crippen LogP contribution in [0, 0.1) is 25.2 Å². The van der Waals surface area contributed by atoms with Crippen LogP contribution < -0.4 is 5.56 Å². The Balaban J connectivity index is 2.59. The zero-order valence-corrected chi connectivity index (χ0v) is 12.7. The number of esters is 1. The van der Waals surface area contributed by atoms with Gasteiger partial charge in [-0.15, -0.1) is 0 Å². The van der Waals surface area contributed by atoms with Gasteiger partial charge in [-0.25, -0.2) is 4.79 Å². The third-order valence-corrected chi connectivity index (χ3v) is 3.40. The van der Waals surface area contributed by atoms with E-state index in [0.29, 0.717) is 0 Å². The fraction of sp³-hybridized carbons (Fsp3) is 0.235. The van der Waals surface area contributed by atoms with Gasteiger partial charge in [-0.1, -0.05) is 0 Å². The monoisotopic (exact) mass is 296 g/mol. The molecule has 1 N–H and O–H groups in total. The van der Waals surface area contributed by atoms with Crippen molar-refractivity contribution in [1.82, 2.24) is 4.98 Å². The Morgan fingerprint density at radius 2 is 2.00 bits per heavy atom. The van der Waals surface area contributed by atoms with Gasteiger partial charge >= 0.3 is 5.97 Å². The van der Waals surface area contributed by atoms with Crippen molar-refractivity contribution in [3.8, 4) is 6.07 Å². The van der Waals surface area contributed by atoms with E-state index in [1.54, 1.807) is 19.1 Å². The lowest BCUT2D eigenvalue weighted by Crippen LogP contribution is -2.12. The van der Waals surface area contributed by atoms with Gasteiger partial charge in [0.2, 0.25) is 0 Å². The van der Waals surface area contributed by atoms with Crippen molar-refractivity contribution in [1.29, 1.82) is 5.26 Å². The summed E-state index contributed by atoms with van der Waals surface area (Å²) in [4.78, 5) is 26.5. The van der Waals surface area contributed by atoms with Crippen LogP contribution in [0.1, 0.15) is 23.6 Å². The predicted molar refractivity (Wildman–Crippen MR) is 84.3 cm³/mol. The molecule has 0 radical (unpaired) electrons. The Kier molecular flexibility index (Phi) is 4.42. The number of nitriles is 1. The summed E-state index contributed by atoms with van der Waals surface area (Å²) >= 11 is 0. The van der Waals surface area contributed by atoms with E-state index in [9.17, 15) is 9.59 Å². The van der Waals surface area contributed by atoms with E-state index in [-0.39, 0.29) is 23.3 Å². The van der Waals surface area contributed by atoms with Crippen LogP contribution in [0.5, 0.6) is 0 Å². The molecule has 0 saturated heterocycles. The molecule has 1 aromatic carbocycles. The summed E-state index contributed by atoms with van der Waals surface area (Å²) in [5.74, 6) is -0.732. The second-order valence-corrected chi connectivity index (χ2v) is 4.97. The van der Waals surface area contributed by atoms with Crippen LogP contribution in [0.15, 0.2) is 28.6 Å². The maximum atomic E-state index is 12.1. The van der Waals surface area contributed by atoms with Gasteiger partial charge in [-0.05, 0) is 61.6 Å². The highest BCUT2D eigenvalue weighted by Gasteiger charge is 2.11. The quantitative estimate of drug-likeness (QED) is 0.536. The predicted octanol–water partition coefficient (Wildman–Crippen LogP) is 2.62. The number of pyridine rings is 1. The zero-order valence-electron chi connectivity index (χ0n) is 12.7. The van der Waals surface area contributed by atoms with Gasteiger partial charge in [0, 0.05) is 11.1 Å². The molecule has 0 saturated carbocycles. The second kappa shape index (κ2) is 6.27. The number of nitrogens with one attached hydrogen (secondary N) is 1. The van der Waals surface area contributed by atoms with E-state index in [1.807, 2.05) is 26.0 Å². The third kappa shape index (κ3) is 3.07. The number of aryl methyl sites for hydroxylation is 2. The molecule has 2 rings (SSSR count). The van der Waals surface area contributed by atoms with E-state index in [4.69, 9.17) is 10.00 Å². The highest BCUT2D eigenvalue weighted by Crippen LogP contribution is 2.18. The maximum Gasteiger partial charge on any atom is 0.348 e. The van der Waals surface area contributed by atoms with Gasteiger partial charge in [0.15, 0.2) is 0 Å². The Morgan fingerprint density at radius 3 is 2.64 bits per heavy atom. The van der Waals surface area contributed by atoms with Crippen LogP contribution in [0.25, 0.3) is 17.0 Å². The summed E-state index contributed by atoms with van der Waals surface area (Å²) in [6.07, 6.45) is 1.26. The lowest BCUT2D eigenvalue weighted by Gasteiger charge is -2.05. The van der Waals surface area contributed by atoms with Gasteiger partial charge in [-0.3, -0.25) is 4.79 Å². The van der Waals surface area contributed by atoms with E-state index >= 15 is 0 Å². The zero-order chi connectivity index (χ0) is 16.3. The smallest absolute Gasteiger partial charge is 0.348 e. The van der Waals surface area contributed by atoms with Crippen molar-refractivity contribution >= 4 is 22.9 Å². The highest BCUT2D eigenvalue weighted by molar-refractivity contribution is 5.98. The lowest BCUT2D eigenvalue weighted by atomic mass is 10.0. The van der Waals surface area contributed by atoms with E-state index < -0.39 is 5.97 Å². The molecule has 0 unspecified atom stereocenters. The summed E-state index contributed by atoms with van der Waals surface area (Å²) < 4.78 is 4.79. The summed E-state index contributed by atoms with van der Waals surface area (Å²) in [6.45, 7) is 5.77. The molecule has 1 aromatic heterocycles. The van der Waals surface area contributed by atoms with Crippen LogP contribution in [0.2, 0.25) is 0 Å². The van der Waals surface area contributed by atoms with Gasteiger partial charge in [0.05, 0.1) is 6.61 Å². The lowest BCUT2D eigenvalue weighted by molar-refractivity contribution is -0.137.